The largest absolute Gasteiger partial charge is 0.486 e. The van der Waals surface area contributed by atoms with Crippen LogP contribution >= 0.6 is 24.0 Å². The molecule has 1 atom stereocenters. The summed E-state index contributed by atoms with van der Waals surface area (Å²) >= 11 is 6.70. The van der Waals surface area contributed by atoms with Gasteiger partial charge in [-0.05, 0) is 26.0 Å². The lowest BCUT2D eigenvalue weighted by Crippen LogP contribution is -2.33. The fourth-order valence-electron chi connectivity index (χ4n) is 2.82. The first kappa shape index (κ1) is 18.0. The first-order valence-electron chi connectivity index (χ1n) is 8.27. The van der Waals surface area contributed by atoms with Gasteiger partial charge in [-0.15, -0.1) is 0 Å². The molecule has 0 bridgehead atoms. The second-order valence-corrected chi connectivity index (χ2v) is 7.48. The predicted molar refractivity (Wildman–Crippen MR) is 101 cm³/mol. The summed E-state index contributed by atoms with van der Waals surface area (Å²) in [6, 6.07) is 5.12. The molecule has 2 aliphatic heterocycles. The summed E-state index contributed by atoms with van der Waals surface area (Å²) in [5, 5.41) is -0.478. The van der Waals surface area contributed by atoms with Crippen LogP contribution in [-0.2, 0) is 9.59 Å². The van der Waals surface area contributed by atoms with E-state index in [-0.39, 0.29) is 18.2 Å². The number of thiocarbonyl (C=S) groups is 1. The van der Waals surface area contributed by atoms with Crippen molar-refractivity contribution in [2.24, 2.45) is 0 Å². The molecule has 8 heteroatoms. The number of thioether (sulfide) groups is 1. The maximum atomic E-state index is 12.8. The predicted octanol–water partition coefficient (Wildman–Crippen LogP) is 2.45. The van der Waals surface area contributed by atoms with Crippen molar-refractivity contribution in [2.45, 2.75) is 25.5 Å². The molecule has 25 heavy (non-hydrogen) atoms. The van der Waals surface area contributed by atoms with Crippen LogP contribution in [0.4, 0.5) is 5.69 Å². The van der Waals surface area contributed by atoms with E-state index in [0.717, 1.165) is 13.1 Å². The van der Waals surface area contributed by atoms with Crippen molar-refractivity contribution in [3.8, 4) is 11.5 Å². The number of carbonyl (C=O) groups excluding carboxylic acids is 2. The summed E-state index contributed by atoms with van der Waals surface area (Å²) in [5.74, 6) is 0.726. The molecule has 6 nitrogen and oxygen atoms in total. The smallest absolute Gasteiger partial charge is 0.247 e. The second kappa shape index (κ2) is 7.61. The Labute approximate surface area is 156 Å². The number of carbonyl (C=O) groups is 2. The first-order valence-corrected chi connectivity index (χ1v) is 9.56. The van der Waals surface area contributed by atoms with Crippen LogP contribution < -0.4 is 14.4 Å². The zero-order valence-corrected chi connectivity index (χ0v) is 15.8. The van der Waals surface area contributed by atoms with Gasteiger partial charge in [-0.1, -0.05) is 24.0 Å². The van der Waals surface area contributed by atoms with Gasteiger partial charge in [0, 0.05) is 25.6 Å². The Bertz CT molecular complexity index is 706. The van der Waals surface area contributed by atoms with E-state index in [1.807, 2.05) is 18.7 Å². The number of anilines is 1. The minimum absolute atomic E-state index is 0.152. The van der Waals surface area contributed by atoms with Gasteiger partial charge in [0.2, 0.25) is 11.8 Å². The fraction of sp³-hybridized carbons (Fsp3) is 0.471. The molecule has 1 fully saturated rings. The molecule has 1 aromatic carbocycles. The molecule has 0 radical (unpaired) electrons. The Hall–Kier alpha value is -1.80. The lowest BCUT2D eigenvalue weighted by atomic mass is 10.2. The summed E-state index contributed by atoms with van der Waals surface area (Å²) < 4.78 is 11.7. The van der Waals surface area contributed by atoms with E-state index in [1.54, 1.807) is 18.2 Å². The van der Waals surface area contributed by atoms with E-state index in [2.05, 4.69) is 0 Å². The van der Waals surface area contributed by atoms with Crippen LogP contribution in [0, 0.1) is 0 Å². The number of imide groups is 1. The molecular formula is C17H20N2O4S2. The summed E-state index contributed by atoms with van der Waals surface area (Å²) in [5.41, 5.74) is 0.510. The SMILES string of the molecule is CCN(CC)C(=S)SC1CC(=O)N(c2ccc3c(c2)OCCO3)C1=O. The molecule has 1 unspecified atom stereocenters. The van der Waals surface area contributed by atoms with E-state index in [0.29, 0.717) is 34.7 Å². The highest BCUT2D eigenvalue weighted by Gasteiger charge is 2.41. The quantitative estimate of drug-likeness (QED) is 0.587. The van der Waals surface area contributed by atoms with Gasteiger partial charge in [-0.2, -0.15) is 0 Å². The van der Waals surface area contributed by atoms with Crippen molar-refractivity contribution < 1.29 is 19.1 Å². The highest BCUT2D eigenvalue weighted by atomic mass is 32.2. The van der Waals surface area contributed by atoms with Crippen LogP contribution in [0.15, 0.2) is 18.2 Å². The van der Waals surface area contributed by atoms with Gasteiger partial charge >= 0.3 is 0 Å². The molecule has 3 rings (SSSR count). The fourth-order valence-corrected chi connectivity index (χ4v) is 4.51. The number of benzene rings is 1. The molecule has 0 spiro atoms. The Morgan fingerprint density at radius 1 is 1.24 bits per heavy atom. The number of hydrogen-bond acceptors (Lipinski definition) is 6. The average molecular weight is 380 g/mol. The zero-order chi connectivity index (χ0) is 18.0. The van der Waals surface area contributed by atoms with Crippen molar-refractivity contribution in [3.05, 3.63) is 18.2 Å². The topological polar surface area (TPSA) is 59.1 Å². The number of nitrogens with zero attached hydrogens (tertiary/aromatic N) is 2. The van der Waals surface area contributed by atoms with Crippen LogP contribution in [0.2, 0.25) is 0 Å². The zero-order valence-electron chi connectivity index (χ0n) is 14.2. The number of fused-ring (bicyclic) bond motifs is 1. The minimum Gasteiger partial charge on any atom is -0.486 e. The highest BCUT2D eigenvalue weighted by Crippen LogP contribution is 2.37. The average Bonchev–Trinajstić information content (AvgIpc) is 2.89. The lowest BCUT2D eigenvalue weighted by Gasteiger charge is -2.23. The number of amides is 2. The first-order chi connectivity index (χ1) is 12.0. The van der Waals surface area contributed by atoms with Gasteiger partial charge < -0.3 is 14.4 Å². The lowest BCUT2D eigenvalue weighted by molar-refractivity contribution is -0.121. The van der Waals surface area contributed by atoms with Gasteiger partial charge in [0.15, 0.2) is 11.5 Å². The number of rotatable bonds is 4. The third-order valence-corrected chi connectivity index (χ3v) is 5.81. The van der Waals surface area contributed by atoms with E-state index in [1.165, 1.54) is 16.7 Å². The van der Waals surface area contributed by atoms with Gasteiger partial charge in [-0.3, -0.25) is 9.59 Å². The molecule has 0 aromatic heterocycles. The summed E-state index contributed by atoms with van der Waals surface area (Å²) in [4.78, 5) is 28.4. The van der Waals surface area contributed by atoms with E-state index in [9.17, 15) is 9.59 Å². The van der Waals surface area contributed by atoms with Gasteiger partial charge in [-0.25, -0.2) is 4.90 Å². The van der Waals surface area contributed by atoms with Crippen LogP contribution in [0.1, 0.15) is 20.3 Å². The Balaban J connectivity index is 1.76. The van der Waals surface area contributed by atoms with Crippen molar-refractivity contribution in [3.63, 3.8) is 0 Å². The maximum absolute atomic E-state index is 12.8. The Morgan fingerprint density at radius 3 is 2.60 bits per heavy atom. The van der Waals surface area contributed by atoms with Gasteiger partial charge in [0.25, 0.3) is 0 Å². The molecule has 2 aliphatic rings. The van der Waals surface area contributed by atoms with Gasteiger partial charge in [0.05, 0.1) is 5.69 Å². The van der Waals surface area contributed by atoms with E-state index < -0.39 is 5.25 Å². The van der Waals surface area contributed by atoms with Gasteiger partial charge in [0.1, 0.15) is 22.8 Å². The van der Waals surface area contributed by atoms with Crippen molar-refractivity contribution >= 4 is 45.8 Å². The molecule has 0 aliphatic carbocycles. The molecule has 1 aromatic rings. The van der Waals surface area contributed by atoms with Crippen LogP contribution in [0.25, 0.3) is 0 Å². The van der Waals surface area contributed by atoms with Crippen molar-refractivity contribution in [1.29, 1.82) is 0 Å². The van der Waals surface area contributed by atoms with Crippen molar-refractivity contribution in [1.82, 2.24) is 4.90 Å². The Kier molecular flexibility index (Phi) is 5.48. The number of ether oxygens (including phenoxy) is 2. The third-order valence-electron chi connectivity index (χ3n) is 4.15. The standard InChI is InChI=1S/C17H20N2O4S2/c1-3-18(4-2)17(24)25-14-10-15(20)19(16(14)21)11-5-6-12-13(9-11)23-8-7-22-12/h5-6,9,14H,3-4,7-8,10H2,1-2H3. The summed E-state index contributed by atoms with van der Waals surface area (Å²) in [6.45, 7) is 6.54. The maximum Gasteiger partial charge on any atom is 0.247 e. The minimum atomic E-state index is -0.478. The van der Waals surface area contributed by atoms with E-state index >= 15 is 0 Å². The summed E-state index contributed by atoms with van der Waals surface area (Å²) in [6.07, 6.45) is 0.152. The van der Waals surface area contributed by atoms with Crippen LogP contribution in [-0.4, -0.2) is 52.6 Å². The Morgan fingerprint density at radius 2 is 1.92 bits per heavy atom. The van der Waals surface area contributed by atoms with Crippen LogP contribution in [0.3, 0.4) is 0 Å². The molecule has 0 saturated carbocycles. The van der Waals surface area contributed by atoms with Crippen molar-refractivity contribution in [2.75, 3.05) is 31.2 Å². The van der Waals surface area contributed by atoms with E-state index in [4.69, 9.17) is 21.7 Å². The second-order valence-electron chi connectivity index (χ2n) is 5.64. The molecule has 0 N–H and O–H groups in total. The monoisotopic (exact) mass is 380 g/mol. The molecule has 2 heterocycles. The summed E-state index contributed by atoms with van der Waals surface area (Å²) in [7, 11) is 0. The molecular weight excluding hydrogens is 360 g/mol. The molecule has 134 valence electrons. The third kappa shape index (κ3) is 3.59. The van der Waals surface area contributed by atoms with Crippen LogP contribution in [0.5, 0.6) is 11.5 Å². The number of hydrogen-bond donors (Lipinski definition) is 0. The molecule has 1 saturated heterocycles. The normalized spacial score (nSPS) is 19.3. The highest BCUT2D eigenvalue weighted by molar-refractivity contribution is 8.23. The molecule has 2 amide bonds.